The summed E-state index contributed by atoms with van der Waals surface area (Å²) in [5.41, 5.74) is 1.23. The predicted molar refractivity (Wildman–Crippen MR) is 105 cm³/mol. The standard InChI is InChI=1S/C17H25ClN6O3S/c1-4-22-12-16(14(3)20-22)28(26,27)24-9-7-21(8-10-24)17(25)5-6-23-11-15(18)13(2)19-23/h11-12H,4-10H2,1-3H3. The van der Waals surface area contributed by atoms with Gasteiger partial charge in [-0.15, -0.1) is 0 Å². The van der Waals surface area contributed by atoms with Crippen molar-refractivity contribution in [3.63, 3.8) is 0 Å². The number of carbonyl (C=O) groups is 1. The predicted octanol–water partition coefficient (Wildman–Crippen LogP) is 1.29. The molecule has 1 fully saturated rings. The zero-order valence-electron chi connectivity index (χ0n) is 16.3. The highest BCUT2D eigenvalue weighted by Gasteiger charge is 2.32. The lowest BCUT2D eigenvalue weighted by molar-refractivity contribution is -0.132. The third kappa shape index (κ3) is 4.23. The highest BCUT2D eigenvalue weighted by Crippen LogP contribution is 2.21. The van der Waals surface area contributed by atoms with Crippen molar-refractivity contribution in [1.82, 2.24) is 28.8 Å². The van der Waals surface area contributed by atoms with Gasteiger partial charge in [0.2, 0.25) is 15.9 Å². The van der Waals surface area contributed by atoms with Crippen LogP contribution in [0.15, 0.2) is 17.3 Å². The van der Waals surface area contributed by atoms with Crippen LogP contribution in [0.1, 0.15) is 24.7 Å². The Balaban J connectivity index is 1.57. The van der Waals surface area contributed by atoms with E-state index in [1.54, 1.807) is 33.6 Å². The minimum atomic E-state index is -3.61. The summed E-state index contributed by atoms with van der Waals surface area (Å²) in [6, 6.07) is 0. The number of sulfonamides is 1. The number of hydrogen-bond acceptors (Lipinski definition) is 5. The van der Waals surface area contributed by atoms with E-state index in [-0.39, 0.29) is 23.9 Å². The van der Waals surface area contributed by atoms with Crippen molar-refractivity contribution in [3.8, 4) is 0 Å². The normalized spacial score (nSPS) is 15.9. The smallest absolute Gasteiger partial charge is 0.246 e. The lowest BCUT2D eigenvalue weighted by Crippen LogP contribution is -2.50. The van der Waals surface area contributed by atoms with Gasteiger partial charge in [-0.05, 0) is 20.8 Å². The molecule has 0 spiro atoms. The number of aromatic nitrogens is 4. The summed E-state index contributed by atoms with van der Waals surface area (Å²) < 4.78 is 30.5. The van der Waals surface area contributed by atoms with E-state index in [0.717, 1.165) is 5.69 Å². The Morgan fingerprint density at radius 1 is 1.07 bits per heavy atom. The van der Waals surface area contributed by atoms with Crippen LogP contribution in [0.25, 0.3) is 0 Å². The molecular weight excluding hydrogens is 404 g/mol. The van der Waals surface area contributed by atoms with E-state index >= 15 is 0 Å². The fraction of sp³-hybridized carbons (Fsp3) is 0.588. The number of carbonyl (C=O) groups excluding carboxylic acids is 1. The van der Waals surface area contributed by atoms with Crippen molar-refractivity contribution in [1.29, 1.82) is 0 Å². The van der Waals surface area contributed by atoms with Crippen LogP contribution in [0.4, 0.5) is 0 Å². The van der Waals surface area contributed by atoms with Gasteiger partial charge in [-0.25, -0.2) is 8.42 Å². The Kier molecular flexibility index (Phi) is 6.11. The van der Waals surface area contributed by atoms with Gasteiger partial charge in [0.1, 0.15) is 4.90 Å². The minimum Gasteiger partial charge on any atom is -0.340 e. The number of aryl methyl sites for hydroxylation is 4. The summed E-state index contributed by atoms with van der Waals surface area (Å²) in [4.78, 5) is 14.4. The molecule has 9 nitrogen and oxygen atoms in total. The van der Waals surface area contributed by atoms with Crippen molar-refractivity contribution < 1.29 is 13.2 Å². The van der Waals surface area contributed by atoms with E-state index in [9.17, 15) is 13.2 Å². The van der Waals surface area contributed by atoms with Crippen LogP contribution in [-0.2, 0) is 27.9 Å². The third-order valence-corrected chi connectivity index (χ3v) is 7.25. The topological polar surface area (TPSA) is 93.3 Å². The van der Waals surface area contributed by atoms with E-state index in [4.69, 9.17) is 11.6 Å². The molecule has 3 heterocycles. The van der Waals surface area contributed by atoms with Crippen molar-refractivity contribution >= 4 is 27.5 Å². The molecule has 1 amide bonds. The van der Waals surface area contributed by atoms with Crippen molar-refractivity contribution in [2.75, 3.05) is 26.2 Å². The van der Waals surface area contributed by atoms with Gasteiger partial charge >= 0.3 is 0 Å². The van der Waals surface area contributed by atoms with Crippen molar-refractivity contribution in [2.45, 2.75) is 45.2 Å². The molecule has 2 aromatic heterocycles. The molecule has 0 unspecified atom stereocenters. The summed E-state index contributed by atoms with van der Waals surface area (Å²) in [6.07, 6.45) is 3.57. The molecule has 154 valence electrons. The molecule has 1 aliphatic heterocycles. The molecule has 3 rings (SSSR count). The maximum absolute atomic E-state index is 12.9. The van der Waals surface area contributed by atoms with Gasteiger partial charge in [0, 0.05) is 58.1 Å². The molecule has 0 aliphatic carbocycles. The number of nitrogens with zero attached hydrogens (tertiary/aromatic N) is 6. The maximum Gasteiger partial charge on any atom is 0.246 e. The molecule has 1 saturated heterocycles. The summed E-state index contributed by atoms with van der Waals surface area (Å²) in [5.74, 6) is -0.0173. The van der Waals surface area contributed by atoms with Crippen LogP contribution in [0.2, 0.25) is 5.02 Å². The molecule has 0 saturated carbocycles. The quantitative estimate of drug-likeness (QED) is 0.691. The number of halogens is 1. The largest absolute Gasteiger partial charge is 0.340 e. The lowest BCUT2D eigenvalue weighted by atomic mass is 10.3. The van der Waals surface area contributed by atoms with Crippen LogP contribution in [0.3, 0.4) is 0 Å². The molecule has 0 aromatic carbocycles. The average Bonchev–Trinajstić information content (AvgIpc) is 3.22. The maximum atomic E-state index is 12.9. The number of amides is 1. The Morgan fingerprint density at radius 3 is 2.25 bits per heavy atom. The molecule has 11 heteroatoms. The van der Waals surface area contributed by atoms with Gasteiger partial charge in [-0.3, -0.25) is 14.2 Å². The molecule has 0 N–H and O–H groups in total. The van der Waals surface area contributed by atoms with Gasteiger partial charge in [-0.1, -0.05) is 11.6 Å². The lowest BCUT2D eigenvalue weighted by Gasteiger charge is -2.34. The van der Waals surface area contributed by atoms with E-state index < -0.39 is 10.0 Å². The molecule has 2 aromatic rings. The zero-order valence-corrected chi connectivity index (χ0v) is 17.9. The monoisotopic (exact) mass is 428 g/mol. The van der Waals surface area contributed by atoms with Crippen LogP contribution in [0, 0.1) is 13.8 Å². The highest BCUT2D eigenvalue weighted by atomic mass is 35.5. The van der Waals surface area contributed by atoms with Crippen LogP contribution >= 0.6 is 11.6 Å². The molecule has 0 atom stereocenters. The number of hydrogen-bond donors (Lipinski definition) is 0. The molecule has 28 heavy (non-hydrogen) atoms. The van der Waals surface area contributed by atoms with Gasteiger partial charge in [0.05, 0.1) is 16.4 Å². The Hall–Kier alpha value is -1.91. The first-order chi connectivity index (χ1) is 13.2. The first-order valence-electron chi connectivity index (χ1n) is 9.24. The molecule has 0 radical (unpaired) electrons. The van der Waals surface area contributed by atoms with Gasteiger partial charge in [0.25, 0.3) is 0 Å². The summed E-state index contributed by atoms with van der Waals surface area (Å²) in [7, 11) is -3.61. The van der Waals surface area contributed by atoms with Gasteiger partial charge in [0.15, 0.2) is 0 Å². The minimum absolute atomic E-state index is 0.0173. The summed E-state index contributed by atoms with van der Waals surface area (Å²) in [5, 5.41) is 9.04. The second-order valence-electron chi connectivity index (χ2n) is 6.79. The van der Waals surface area contributed by atoms with Gasteiger partial charge in [-0.2, -0.15) is 14.5 Å². The van der Waals surface area contributed by atoms with E-state index in [1.807, 2.05) is 13.8 Å². The fourth-order valence-electron chi connectivity index (χ4n) is 3.21. The molecule has 1 aliphatic rings. The Morgan fingerprint density at radius 2 is 1.71 bits per heavy atom. The summed E-state index contributed by atoms with van der Waals surface area (Å²) in [6.45, 7) is 7.77. The third-order valence-electron chi connectivity index (χ3n) is 4.88. The average molecular weight is 429 g/mol. The van der Waals surface area contributed by atoms with Crippen LogP contribution in [-0.4, -0.2) is 69.3 Å². The summed E-state index contributed by atoms with van der Waals surface area (Å²) >= 11 is 5.98. The highest BCUT2D eigenvalue weighted by molar-refractivity contribution is 7.89. The Bertz CT molecular complexity index is 940. The van der Waals surface area contributed by atoms with Crippen LogP contribution in [0.5, 0.6) is 0 Å². The molecular formula is C17H25ClN6O3S. The second-order valence-corrected chi connectivity index (χ2v) is 9.11. The van der Waals surface area contributed by atoms with Crippen molar-refractivity contribution in [3.05, 3.63) is 28.8 Å². The first-order valence-corrected chi connectivity index (χ1v) is 11.1. The van der Waals surface area contributed by atoms with Gasteiger partial charge < -0.3 is 4.90 Å². The van der Waals surface area contributed by atoms with Crippen LogP contribution < -0.4 is 0 Å². The number of rotatable bonds is 6. The van der Waals surface area contributed by atoms with E-state index in [0.29, 0.717) is 43.3 Å². The Labute approximate surface area is 169 Å². The zero-order chi connectivity index (χ0) is 20.5. The molecule has 0 bridgehead atoms. The second kappa shape index (κ2) is 8.22. The SMILES string of the molecule is CCn1cc(S(=O)(=O)N2CCN(C(=O)CCn3cc(Cl)c(C)n3)CC2)c(C)n1. The van der Waals surface area contributed by atoms with Crippen molar-refractivity contribution in [2.24, 2.45) is 0 Å². The van der Waals surface area contributed by atoms with E-state index in [2.05, 4.69) is 10.2 Å². The fourth-order valence-corrected chi connectivity index (χ4v) is 4.95. The van der Waals surface area contributed by atoms with E-state index in [1.165, 1.54) is 4.31 Å². The first kappa shape index (κ1) is 20.8. The number of piperazine rings is 1.